The van der Waals surface area contributed by atoms with Crippen LogP contribution in [0.5, 0.6) is 0 Å². The second-order valence-corrected chi connectivity index (χ2v) is 8.32. The van der Waals surface area contributed by atoms with Crippen LogP contribution in [-0.2, 0) is 11.2 Å². The van der Waals surface area contributed by atoms with E-state index < -0.39 is 0 Å². The van der Waals surface area contributed by atoms with E-state index in [1.807, 2.05) is 17.0 Å². The Balaban J connectivity index is 1.49. The largest absolute Gasteiger partial charge is 0.342 e. The molecule has 3 heterocycles. The first kappa shape index (κ1) is 18.9. The molecule has 2 aromatic heterocycles. The van der Waals surface area contributed by atoms with E-state index in [2.05, 4.69) is 48.3 Å². The Morgan fingerprint density at radius 3 is 2.57 bits per heavy atom. The lowest BCUT2D eigenvalue weighted by Crippen LogP contribution is -2.38. The zero-order chi connectivity index (χ0) is 19.5. The number of carbonyl (C=O) groups excluding carboxylic acids is 1. The van der Waals surface area contributed by atoms with Crippen LogP contribution in [0.3, 0.4) is 0 Å². The molecule has 0 aliphatic carbocycles. The zero-order valence-electron chi connectivity index (χ0n) is 16.3. The number of rotatable bonds is 5. The highest BCUT2D eigenvalue weighted by molar-refractivity contribution is 7.99. The molecule has 28 heavy (non-hydrogen) atoms. The molecule has 0 spiro atoms. The summed E-state index contributed by atoms with van der Waals surface area (Å²) in [4.78, 5) is 14.5. The first-order chi connectivity index (χ1) is 13.6. The first-order valence-electron chi connectivity index (χ1n) is 9.86. The summed E-state index contributed by atoms with van der Waals surface area (Å²) in [5.74, 6) is 1.25. The van der Waals surface area contributed by atoms with Gasteiger partial charge in [0.05, 0.1) is 11.4 Å². The van der Waals surface area contributed by atoms with Crippen molar-refractivity contribution in [1.29, 1.82) is 0 Å². The molecular weight excluding hydrogens is 370 g/mol. The molecule has 0 atom stereocenters. The third-order valence-corrected chi connectivity index (χ3v) is 6.26. The number of nitrogens with zero attached hydrogens (tertiary/aromatic N) is 5. The van der Waals surface area contributed by atoms with E-state index in [0.717, 1.165) is 43.6 Å². The van der Waals surface area contributed by atoms with E-state index in [1.165, 1.54) is 17.3 Å². The third-order valence-electron chi connectivity index (χ3n) is 5.35. The summed E-state index contributed by atoms with van der Waals surface area (Å²) < 4.78 is 1.74. The number of carbonyl (C=O) groups is 1. The van der Waals surface area contributed by atoms with Gasteiger partial charge in [-0.15, -0.1) is 10.2 Å². The van der Waals surface area contributed by atoms with Crippen molar-refractivity contribution in [2.75, 3.05) is 18.8 Å². The molecule has 1 aliphatic heterocycles. The van der Waals surface area contributed by atoms with Crippen LogP contribution in [0.1, 0.15) is 32.3 Å². The highest BCUT2D eigenvalue weighted by Gasteiger charge is 2.21. The lowest BCUT2D eigenvalue weighted by Gasteiger charge is -2.30. The van der Waals surface area contributed by atoms with Crippen LogP contribution in [0.2, 0.25) is 0 Å². The van der Waals surface area contributed by atoms with E-state index in [0.29, 0.717) is 22.5 Å². The Hall–Kier alpha value is -2.41. The van der Waals surface area contributed by atoms with Crippen LogP contribution in [0.15, 0.2) is 41.6 Å². The van der Waals surface area contributed by atoms with Crippen molar-refractivity contribution in [3.63, 3.8) is 0 Å². The molecular formula is C21H25N5OS. The summed E-state index contributed by atoms with van der Waals surface area (Å²) in [5, 5.41) is 13.8. The molecule has 6 nitrogen and oxygen atoms in total. The van der Waals surface area contributed by atoms with Crippen molar-refractivity contribution >= 4 is 23.3 Å². The summed E-state index contributed by atoms with van der Waals surface area (Å²) in [5.41, 5.74) is 3.92. The number of aryl methyl sites for hydroxylation is 1. The van der Waals surface area contributed by atoms with Gasteiger partial charge in [0.15, 0.2) is 5.65 Å². The maximum atomic E-state index is 12.5. The number of fused-ring (bicyclic) bond motifs is 1. The number of hydrogen-bond acceptors (Lipinski definition) is 5. The quantitative estimate of drug-likeness (QED) is 0.616. The minimum Gasteiger partial charge on any atom is -0.342 e. The summed E-state index contributed by atoms with van der Waals surface area (Å²) in [6, 6.07) is 12.3. The number of hydrogen-bond donors (Lipinski definition) is 0. The highest BCUT2D eigenvalue weighted by atomic mass is 32.2. The van der Waals surface area contributed by atoms with Gasteiger partial charge in [-0.3, -0.25) is 4.79 Å². The second-order valence-electron chi connectivity index (χ2n) is 7.37. The molecule has 146 valence electrons. The number of likely N-dealkylation sites (tertiary alicyclic amines) is 1. The van der Waals surface area contributed by atoms with Gasteiger partial charge in [0.1, 0.15) is 0 Å². The zero-order valence-corrected chi connectivity index (χ0v) is 17.2. The average Bonchev–Trinajstić information content (AvgIpc) is 3.15. The van der Waals surface area contributed by atoms with Gasteiger partial charge in [-0.1, -0.05) is 49.9 Å². The van der Waals surface area contributed by atoms with E-state index in [-0.39, 0.29) is 5.91 Å². The molecule has 1 amide bonds. The molecule has 4 rings (SSSR count). The Labute approximate surface area is 169 Å². The maximum absolute atomic E-state index is 12.5. The summed E-state index contributed by atoms with van der Waals surface area (Å²) in [6.45, 7) is 6.11. The van der Waals surface area contributed by atoms with Crippen molar-refractivity contribution in [2.45, 2.75) is 38.3 Å². The van der Waals surface area contributed by atoms with Gasteiger partial charge in [0, 0.05) is 18.7 Å². The van der Waals surface area contributed by atoms with Crippen molar-refractivity contribution < 1.29 is 4.79 Å². The molecule has 0 radical (unpaired) electrons. The standard InChI is InChI=1S/C21H25N5OS/c1-3-16-4-6-17(7-5-16)18-8-9-19-22-23-21(26(19)24-18)28-14-20(27)25-12-10-15(2)11-13-25/h4-9,15H,3,10-14H2,1-2H3. The van der Waals surface area contributed by atoms with Gasteiger partial charge in [0.25, 0.3) is 0 Å². The predicted molar refractivity (Wildman–Crippen MR) is 111 cm³/mol. The number of benzene rings is 1. The molecule has 7 heteroatoms. The fourth-order valence-electron chi connectivity index (χ4n) is 3.40. The molecule has 0 bridgehead atoms. The van der Waals surface area contributed by atoms with Crippen molar-refractivity contribution in [1.82, 2.24) is 24.7 Å². The second kappa shape index (κ2) is 8.31. The molecule has 0 N–H and O–H groups in total. The SMILES string of the molecule is CCc1ccc(-c2ccc3nnc(SCC(=O)N4CCC(C)CC4)n3n2)cc1. The summed E-state index contributed by atoms with van der Waals surface area (Å²) in [7, 11) is 0. The average molecular weight is 396 g/mol. The van der Waals surface area contributed by atoms with Crippen LogP contribution in [-0.4, -0.2) is 49.5 Å². The van der Waals surface area contributed by atoms with E-state index >= 15 is 0 Å². The van der Waals surface area contributed by atoms with Gasteiger partial charge in [-0.25, -0.2) is 0 Å². The molecule has 1 aromatic carbocycles. The number of aromatic nitrogens is 4. The minimum atomic E-state index is 0.167. The van der Waals surface area contributed by atoms with Gasteiger partial charge in [-0.05, 0) is 42.9 Å². The van der Waals surface area contributed by atoms with Crippen LogP contribution in [0.4, 0.5) is 0 Å². The topological polar surface area (TPSA) is 63.4 Å². The van der Waals surface area contributed by atoms with Crippen LogP contribution < -0.4 is 0 Å². The first-order valence-corrected chi connectivity index (χ1v) is 10.8. The fourth-order valence-corrected chi connectivity index (χ4v) is 4.19. The predicted octanol–water partition coefficient (Wildman–Crippen LogP) is 3.70. The molecule has 1 aliphatic rings. The third kappa shape index (κ3) is 4.04. The van der Waals surface area contributed by atoms with Crippen LogP contribution in [0.25, 0.3) is 16.9 Å². The van der Waals surface area contributed by atoms with Crippen molar-refractivity contribution in [3.8, 4) is 11.3 Å². The molecule has 3 aromatic rings. The van der Waals surface area contributed by atoms with Crippen molar-refractivity contribution in [3.05, 3.63) is 42.0 Å². The maximum Gasteiger partial charge on any atom is 0.233 e. The Bertz CT molecular complexity index is 961. The molecule has 1 saturated heterocycles. The molecule has 0 saturated carbocycles. The van der Waals surface area contributed by atoms with E-state index in [4.69, 9.17) is 5.10 Å². The summed E-state index contributed by atoms with van der Waals surface area (Å²) in [6.07, 6.45) is 3.20. The fraction of sp³-hybridized carbons (Fsp3) is 0.429. The van der Waals surface area contributed by atoms with Gasteiger partial charge in [0.2, 0.25) is 11.1 Å². The monoisotopic (exact) mass is 395 g/mol. The van der Waals surface area contributed by atoms with Crippen LogP contribution in [0, 0.1) is 5.92 Å². The Morgan fingerprint density at radius 2 is 1.86 bits per heavy atom. The molecule has 1 fully saturated rings. The number of piperidine rings is 1. The number of amides is 1. The highest BCUT2D eigenvalue weighted by Crippen LogP contribution is 2.22. The molecule has 0 unspecified atom stereocenters. The van der Waals surface area contributed by atoms with Gasteiger partial charge < -0.3 is 4.90 Å². The number of thioether (sulfide) groups is 1. The van der Waals surface area contributed by atoms with Crippen molar-refractivity contribution in [2.24, 2.45) is 5.92 Å². The lowest BCUT2D eigenvalue weighted by molar-refractivity contribution is -0.129. The van der Waals surface area contributed by atoms with Crippen LogP contribution >= 0.6 is 11.8 Å². The van der Waals surface area contributed by atoms with E-state index in [1.54, 1.807) is 4.52 Å². The van der Waals surface area contributed by atoms with Gasteiger partial charge in [-0.2, -0.15) is 9.61 Å². The Morgan fingerprint density at radius 1 is 1.11 bits per heavy atom. The van der Waals surface area contributed by atoms with Gasteiger partial charge >= 0.3 is 0 Å². The summed E-state index contributed by atoms with van der Waals surface area (Å²) >= 11 is 1.40. The smallest absolute Gasteiger partial charge is 0.233 e. The normalized spacial score (nSPS) is 15.3. The minimum absolute atomic E-state index is 0.167. The Kier molecular flexibility index (Phi) is 5.62. The lowest BCUT2D eigenvalue weighted by atomic mass is 9.99. The van der Waals surface area contributed by atoms with E-state index in [9.17, 15) is 4.79 Å².